The van der Waals surface area contributed by atoms with E-state index in [1.54, 1.807) is 7.11 Å². The number of methoxy groups -OCH3 is 1. The van der Waals surface area contributed by atoms with Gasteiger partial charge in [0.15, 0.2) is 0 Å². The first-order chi connectivity index (χ1) is 8.60. The molecule has 1 heterocycles. The Hall–Kier alpha value is -0.930. The van der Waals surface area contributed by atoms with E-state index >= 15 is 0 Å². The molecule has 0 radical (unpaired) electrons. The van der Waals surface area contributed by atoms with Crippen LogP contribution in [0.4, 0.5) is 5.69 Å². The molecule has 0 spiro atoms. The molecule has 2 rings (SSSR count). The number of likely N-dealkylation sites (tertiary alicyclic amines) is 1. The number of rotatable bonds is 4. The zero-order valence-electron chi connectivity index (χ0n) is 11.2. The van der Waals surface area contributed by atoms with Gasteiger partial charge < -0.3 is 10.1 Å². The van der Waals surface area contributed by atoms with Crippen molar-refractivity contribution in [1.29, 1.82) is 0 Å². The molecule has 0 bridgehead atoms. The highest BCUT2D eigenvalue weighted by molar-refractivity contribution is 6.30. The topological polar surface area (TPSA) is 24.5 Å². The smallest absolute Gasteiger partial charge is 0.142 e. The van der Waals surface area contributed by atoms with E-state index in [2.05, 4.69) is 24.1 Å². The highest BCUT2D eigenvalue weighted by Crippen LogP contribution is 2.29. The Morgan fingerprint density at radius 2 is 2.22 bits per heavy atom. The molecule has 0 amide bonds. The molecule has 100 valence electrons. The maximum atomic E-state index is 6.03. The number of benzene rings is 1. The fourth-order valence-corrected chi connectivity index (χ4v) is 2.56. The molecule has 1 unspecified atom stereocenters. The van der Waals surface area contributed by atoms with Crippen molar-refractivity contribution in [3.63, 3.8) is 0 Å². The average Bonchev–Trinajstić information content (AvgIpc) is 2.78. The molecule has 0 aliphatic carbocycles. The highest BCUT2D eigenvalue weighted by atomic mass is 35.5. The molecule has 1 fully saturated rings. The number of hydrogen-bond acceptors (Lipinski definition) is 3. The third kappa shape index (κ3) is 3.09. The zero-order valence-corrected chi connectivity index (χ0v) is 12.0. The molecule has 1 aliphatic heterocycles. The Bertz CT molecular complexity index is 409. The Balaban J connectivity index is 2.04. The lowest BCUT2D eigenvalue weighted by molar-refractivity contribution is 0.274. The van der Waals surface area contributed by atoms with Gasteiger partial charge in [0.2, 0.25) is 0 Å². The summed E-state index contributed by atoms with van der Waals surface area (Å²) in [5, 5.41) is 4.27. The SMILES string of the molecule is COc1ccc(Cl)cc1NC1CCN(C(C)C)C1. The van der Waals surface area contributed by atoms with Crippen molar-refractivity contribution in [1.82, 2.24) is 4.90 Å². The van der Waals surface area contributed by atoms with E-state index in [1.807, 2.05) is 18.2 Å². The number of halogens is 1. The number of anilines is 1. The molecule has 1 aliphatic rings. The molecular weight excluding hydrogens is 248 g/mol. The first-order valence-electron chi connectivity index (χ1n) is 6.44. The summed E-state index contributed by atoms with van der Waals surface area (Å²) in [6, 6.07) is 6.76. The van der Waals surface area contributed by atoms with Crippen molar-refractivity contribution >= 4 is 17.3 Å². The van der Waals surface area contributed by atoms with E-state index in [4.69, 9.17) is 16.3 Å². The highest BCUT2D eigenvalue weighted by Gasteiger charge is 2.24. The summed E-state index contributed by atoms with van der Waals surface area (Å²) < 4.78 is 5.35. The molecule has 1 saturated heterocycles. The predicted octanol–water partition coefficient (Wildman–Crippen LogP) is 3.24. The Morgan fingerprint density at radius 3 is 2.83 bits per heavy atom. The quantitative estimate of drug-likeness (QED) is 0.907. The van der Waals surface area contributed by atoms with Crippen molar-refractivity contribution in [2.45, 2.75) is 32.4 Å². The Kier molecular flexibility index (Phi) is 4.36. The predicted molar refractivity (Wildman–Crippen MR) is 76.7 cm³/mol. The summed E-state index contributed by atoms with van der Waals surface area (Å²) in [5.74, 6) is 0.849. The second-order valence-electron chi connectivity index (χ2n) is 5.06. The van der Waals surface area contributed by atoms with Crippen LogP contribution in [0.1, 0.15) is 20.3 Å². The van der Waals surface area contributed by atoms with Crippen LogP contribution in [0.15, 0.2) is 18.2 Å². The third-order valence-electron chi connectivity index (χ3n) is 3.47. The Labute approximate surface area is 114 Å². The van der Waals surface area contributed by atoms with Gasteiger partial charge in [-0.1, -0.05) is 11.6 Å². The molecule has 1 aromatic rings. The number of hydrogen-bond donors (Lipinski definition) is 1. The van der Waals surface area contributed by atoms with Crippen LogP contribution in [0.25, 0.3) is 0 Å². The van der Waals surface area contributed by atoms with E-state index in [9.17, 15) is 0 Å². The van der Waals surface area contributed by atoms with Gasteiger partial charge in [0.25, 0.3) is 0 Å². The lowest BCUT2D eigenvalue weighted by Crippen LogP contribution is -2.31. The van der Waals surface area contributed by atoms with Crippen molar-refractivity contribution in [3.05, 3.63) is 23.2 Å². The standard InChI is InChI=1S/C14H21ClN2O/c1-10(2)17-7-6-12(9-17)16-13-8-11(15)4-5-14(13)18-3/h4-5,8,10,12,16H,6-7,9H2,1-3H3. The van der Waals surface area contributed by atoms with Gasteiger partial charge in [0, 0.05) is 30.2 Å². The van der Waals surface area contributed by atoms with Gasteiger partial charge in [-0.25, -0.2) is 0 Å². The maximum absolute atomic E-state index is 6.03. The fourth-order valence-electron chi connectivity index (χ4n) is 2.39. The summed E-state index contributed by atoms with van der Waals surface area (Å²) in [6.07, 6.45) is 1.16. The van der Waals surface area contributed by atoms with Crippen molar-refractivity contribution in [2.75, 3.05) is 25.5 Å². The summed E-state index contributed by atoms with van der Waals surface area (Å²) in [5.41, 5.74) is 0.987. The van der Waals surface area contributed by atoms with Gasteiger partial charge in [0.05, 0.1) is 12.8 Å². The molecular formula is C14H21ClN2O. The first-order valence-corrected chi connectivity index (χ1v) is 6.82. The summed E-state index contributed by atoms with van der Waals surface area (Å²) in [4.78, 5) is 2.48. The van der Waals surface area contributed by atoms with E-state index in [0.29, 0.717) is 12.1 Å². The van der Waals surface area contributed by atoms with Crippen LogP contribution in [-0.2, 0) is 0 Å². The van der Waals surface area contributed by atoms with Gasteiger partial charge in [0.1, 0.15) is 5.75 Å². The molecule has 1 atom stereocenters. The summed E-state index contributed by atoms with van der Waals surface area (Å²) >= 11 is 6.03. The summed E-state index contributed by atoms with van der Waals surface area (Å²) in [6.45, 7) is 6.70. The average molecular weight is 269 g/mol. The van der Waals surface area contributed by atoms with Gasteiger partial charge in [-0.2, -0.15) is 0 Å². The monoisotopic (exact) mass is 268 g/mol. The normalized spacial score (nSPS) is 20.4. The third-order valence-corrected chi connectivity index (χ3v) is 3.71. The van der Waals surface area contributed by atoms with Gasteiger partial charge in [-0.15, -0.1) is 0 Å². The van der Waals surface area contributed by atoms with Crippen LogP contribution in [0.2, 0.25) is 5.02 Å². The van der Waals surface area contributed by atoms with Gasteiger partial charge >= 0.3 is 0 Å². The van der Waals surface area contributed by atoms with E-state index < -0.39 is 0 Å². The van der Waals surface area contributed by atoms with Crippen molar-refractivity contribution in [2.24, 2.45) is 0 Å². The van der Waals surface area contributed by atoms with Crippen LogP contribution in [0, 0.1) is 0 Å². The molecule has 3 nitrogen and oxygen atoms in total. The maximum Gasteiger partial charge on any atom is 0.142 e. The van der Waals surface area contributed by atoms with Crippen LogP contribution in [0.5, 0.6) is 5.75 Å². The molecule has 0 saturated carbocycles. The molecule has 0 aromatic heterocycles. The largest absolute Gasteiger partial charge is 0.495 e. The second kappa shape index (κ2) is 5.81. The van der Waals surface area contributed by atoms with Crippen molar-refractivity contribution < 1.29 is 4.74 Å². The van der Waals surface area contributed by atoms with Crippen molar-refractivity contribution in [3.8, 4) is 5.75 Å². The van der Waals surface area contributed by atoms with Crippen LogP contribution < -0.4 is 10.1 Å². The van der Waals surface area contributed by atoms with Gasteiger partial charge in [-0.05, 0) is 38.5 Å². The minimum Gasteiger partial charge on any atom is -0.495 e. The minimum atomic E-state index is 0.472. The lowest BCUT2D eigenvalue weighted by Gasteiger charge is -2.21. The Morgan fingerprint density at radius 1 is 1.44 bits per heavy atom. The first kappa shape index (κ1) is 13.5. The molecule has 1 aromatic carbocycles. The number of nitrogens with one attached hydrogen (secondary N) is 1. The molecule has 18 heavy (non-hydrogen) atoms. The zero-order chi connectivity index (χ0) is 13.1. The van der Waals surface area contributed by atoms with Crippen LogP contribution in [0.3, 0.4) is 0 Å². The van der Waals surface area contributed by atoms with Crippen LogP contribution in [-0.4, -0.2) is 37.2 Å². The second-order valence-corrected chi connectivity index (χ2v) is 5.50. The van der Waals surface area contributed by atoms with E-state index in [-0.39, 0.29) is 0 Å². The van der Waals surface area contributed by atoms with E-state index in [1.165, 1.54) is 0 Å². The van der Waals surface area contributed by atoms with E-state index in [0.717, 1.165) is 36.0 Å². The van der Waals surface area contributed by atoms with Gasteiger partial charge in [-0.3, -0.25) is 4.90 Å². The number of ether oxygens (including phenoxy) is 1. The molecule has 4 heteroatoms. The lowest BCUT2D eigenvalue weighted by atomic mass is 10.2. The summed E-state index contributed by atoms with van der Waals surface area (Å²) in [7, 11) is 1.68. The fraction of sp³-hybridized carbons (Fsp3) is 0.571. The number of nitrogens with zero attached hydrogens (tertiary/aromatic N) is 1. The minimum absolute atomic E-state index is 0.472. The molecule has 1 N–H and O–H groups in total. The van der Waals surface area contributed by atoms with Crippen LogP contribution >= 0.6 is 11.6 Å².